The first-order chi connectivity index (χ1) is 10.3. The minimum atomic E-state index is -0.582. The first-order valence-corrected chi connectivity index (χ1v) is 6.77. The molecule has 118 valence electrons. The van der Waals surface area contributed by atoms with Crippen molar-refractivity contribution in [2.24, 2.45) is 0 Å². The highest BCUT2D eigenvalue weighted by molar-refractivity contribution is 5.91. The van der Waals surface area contributed by atoms with Crippen molar-refractivity contribution in [2.75, 3.05) is 18.2 Å². The lowest BCUT2D eigenvalue weighted by molar-refractivity contribution is 0.0636. The van der Waals surface area contributed by atoms with Crippen molar-refractivity contribution in [3.05, 3.63) is 24.4 Å². The van der Waals surface area contributed by atoms with Crippen molar-refractivity contribution in [3.8, 4) is 17.0 Å². The van der Waals surface area contributed by atoms with Crippen LogP contribution in [0.3, 0.4) is 0 Å². The van der Waals surface area contributed by atoms with Gasteiger partial charge in [0.2, 0.25) is 0 Å². The maximum atomic E-state index is 12.0. The summed E-state index contributed by atoms with van der Waals surface area (Å²) in [5.41, 5.74) is 6.98. The van der Waals surface area contributed by atoms with Crippen LogP contribution in [0.1, 0.15) is 20.8 Å². The zero-order valence-electron chi connectivity index (χ0n) is 13.1. The lowest BCUT2D eigenvalue weighted by atomic mass is 10.1. The highest BCUT2D eigenvalue weighted by Crippen LogP contribution is 2.31. The molecule has 7 nitrogen and oxygen atoms in total. The number of anilines is 2. The zero-order valence-corrected chi connectivity index (χ0v) is 13.1. The molecule has 1 aromatic carbocycles. The molecule has 0 saturated heterocycles. The summed E-state index contributed by atoms with van der Waals surface area (Å²) in [6.45, 7) is 5.40. The largest absolute Gasteiger partial charge is 0.497 e. The number of amides is 1. The number of methoxy groups -OCH3 is 1. The molecule has 0 fully saturated rings. The van der Waals surface area contributed by atoms with Crippen molar-refractivity contribution in [3.63, 3.8) is 0 Å². The Morgan fingerprint density at radius 3 is 2.64 bits per heavy atom. The van der Waals surface area contributed by atoms with Gasteiger partial charge >= 0.3 is 6.09 Å². The average Bonchev–Trinajstić information content (AvgIpc) is 2.82. The molecule has 0 radical (unpaired) electrons. The second-order valence-electron chi connectivity index (χ2n) is 5.72. The molecule has 0 bridgehead atoms. The third kappa shape index (κ3) is 3.91. The van der Waals surface area contributed by atoms with Gasteiger partial charge in [-0.3, -0.25) is 5.32 Å². The monoisotopic (exact) mass is 304 g/mol. The van der Waals surface area contributed by atoms with Crippen LogP contribution >= 0.6 is 0 Å². The highest BCUT2D eigenvalue weighted by Gasteiger charge is 2.18. The van der Waals surface area contributed by atoms with E-state index < -0.39 is 11.7 Å². The van der Waals surface area contributed by atoms with Gasteiger partial charge in [-0.1, -0.05) is 0 Å². The molecule has 1 heterocycles. The zero-order chi connectivity index (χ0) is 16.3. The lowest BCUT2D eigenvalue weighted by Gasteiger charge is -2.20. The summed E-state index contributed by atoms with van der Waals surface area (Å²) >= 11 is 0. The number of hydrogen-bond acceptors (Lipinski definition) is 5. The van der Waals surface area contributed by atoms with Gasteiger partial charge in [0.1, 0.15) is 11.4 Å². The van der Waals surface area contributed by atoms with Crippen LogP contribution in [0.2, 0.25) is 0 Å². The minimum absolute atomic E-state index is 0.300. The molecule has 4 N–H and O–H groups in total. The molecule has 0 unspecified atom stereocenters. The molecule has 0 aliphatic heterocycles. The summed E-state index contributed by atoms with van der Waals surface area (Å²) in [6, 6.07) is 5.29. The molecule has 2 rings (SSSR count). The quantitative estimate of drug-likeness (QED) is 0.809. The number of hydrogen-bond donors (Lipinski definition) is 3. The highest BCUT2D eigenvalue weighted by atomic mass is 16.6. The fourth-order valence-corrected chi connectivity index (χ4v) is 1.88. The van der Waals surface area contributed by atoms with E-state index >= 15 is 0 Å². The van der Waals surface area contributed by atoms with Crippen molar-refractivity contribution in [1.29, 1.82) is 0 Å². The summed E-state index contributed by atoms with van der Waals surface area (Å²) in [5.74, 6) is 0.913. The van der Waals surface area contributed by atoms with E-state index in [1.165, 1.54) is 0 Å². The number of rotatable bonds is 3. The number of nitrogen functional groups attached to an aromatic ring is 1. The molecule has 2 aromatic rings. The van der Waals surface area contributed by atoms with Gasteiger partial charge in [-0.25, -0.2) is 9.78 Å². The molecule has 0 atom stereocenters. The SMILES string of the molecule is COc1ccc(-c2cnc(N)[nH]2)c(NC(=O)OC(C)(C)C)c1. The average molecular weight is 304 g/mol. The molecule has 0 aliphatic rings. The first kappa shape index (κ1) is 15.7. The van der Waals surface area contributed by atoms with E-state index in [9.17, 15) is 4.79 Å². The van der Waals surface area contributed by atoms with E-state index in [2.05, 4.69) is 15.3 Å². The third-order valence-corrected chi connectivity index (χ3v) is 2.75. The van der Waals surface area contributed by atoms with Crippen LogP contribution in [0.4, 0.5) is 16.4 Å². The topological polar surface area (TPSA) is 102 Å². The maximum Gasteiger partial charge on any atom is 0.412 e. The van der Waals surface area contributed by atoms with Crippen LogP contribution in [0.25, 0.3) is 11.3 Å². The number of imidazole rings is 1. The van der Waals surface area contributed by atoms with Crippen LogP contribution in [0, 0.1) is 0 Å². The standard InChI is InChI=1S/C15H20N4O3/c1-15(2,3)22-14(20)19-11-7-9(21-4)5-6-10(11)12-8-17-13(16)18-12/h5-8H,1-4H3,(H,19,20)(H3,16,17,18). The number of benzene rings is 1. The van der Waals surface area contributed by atoms with Gasteiger partial charge in [-0.05, 0) is 32.9 Å². The van der Waals surface area contributed by atoms with Crippen LogP contribution in [0.5, 0.6) is 5.75 Å². The molecule has 0 spiro atoms. The van der Waals surface area contributed by atoms with Gasteiger partial charge in [-0.15, -0.1) is 0 Å². The summed E-state index contributed by atoms with van der Waals surface area (Å²) < 4.78 is 10.5. The van der Waals surface area contributed by atoms with Gasteiger partial charge in [0.15, 0.2) is 5.95 Å². The summed E-state index contributed by atoms with van der Waals surface area (Å²) in [4.78, 5) is 18.9. The number of carbonyl (C=O) groups is 1. The Morgan fingerprint density at radius 2 is 2.09 bits per heavy atom. The molecule has 1 aromatic heterocycles. The van der Waals surface area contributed by atoms with E-state index in [0.29, 0.717) is 23.1 Å². The number of nitrogens with two attached hydrogens (primary N) is 1. The summed E-state index contributed by atoms with van der Waals surface area (Å²) in [7, 11) is 1.56. The van der Waals surface area contributed by atoms with Crippen LogP contribution in [-0.2, 0) is 4.74 Å². The van der Waals surface area contributed by atoms with Crippen molar-refractivity contribution in [1.82, 2.24) is 9.97 Å². The Bertz CT molecular complexity index is 674. The van der Waals surface area contributed by atoms with Crippen molar-refractivity contribution < 1.29 is 14.3 Å². The lowest BCUT2D eigenvalue weighted by Crippen LogP contribution is -2.27. The molecule has 7 heteroatoms. The Labute approximate surface area is 128 Å². The Morgan fingerprint density at radius 1 is 1.36 bits per heavy atom. The van der Waals surface area contributed by atoms with E-state index in [1.54, 1.807) is 52.3 Å². The first-order valence-electron chi connectivity index (χ1n) is 6.77. The molecule has 22 heavy (non-hydrogen) atoms. The predicted molar refractivity (Wildman–Crippen MR) is 84.8 cm³/mol. The van der Waals surface area contributed by atoms with Crippen LogP contribution < -0.4 is 15.8 Å². The van der Waals surface area contributed by atoms with Crippen molar-refractivity contribution >= 4 is 17.7 Å². The fourth-order valence-electron chi connectivity index (χ4n) is 1.88. The number of nitrogens with zero attached hydrogens (tertiary/aromatic N) is 1. The van der Waals surface area contributed by atoms with Gasteiger partial charge in [0.25, 0.3) is 0 Å². The Balaban J connectivity index is 2.33. The Hall–Kier alpha value is -2.70. The van der Waals surface area contributed by atoms with Gasteiger partial charge < -0.3 is 20.2 Å². The van der Waals surface area contributed by atoms with Gasteiger partial charge in [-0.2, -0.15) is 0 Å². The number of carbonyl (C=O) groups excluding carboxylic acids is 1. The summed E-state index contributed by atoms with van der Waals surface area (Å²) in [5, 5.41) is 2.72. The van der Waals surface area contributed by atoms with Gasteiger partial charge in [0.05, 0.1) is 24.7 Å². The number of H-pyrrole nitrogens is 1. The van der Waals surface area contributed by atoms with E-state index in [0.717, 1.165) is 5.56 Å². The molecule has 0 aliphatic carbocycles. The van der Waals surface area contributed by atoms with Crippen LogP contribution in [0.15, 0.2) is 24.4 Å². The minimum Gasteiger partial charge on any atom is -0.497 e. The van der Waals surface area contributed by atoms with E-state index in [4.69, 9.17) is 15.2 Å². The molecule has 1 amide bonds. The smallest absolute Gasteiger partial charge is 0.412 e. The third-order valence-electron chi connectivity index (χ3n) is 2.75. The van der Waals surface area contributed by atoms with E-state index in [1.807, 2.05) is 0 Å². The maximum absolute atomic E-state index is 12.0. The number of ether oxygens (including phenoxy) is 2. The second-order valence-corrected chi connectivity index (χ2v) is 5.72. The number of aromatic amines is 1. The number of nitrogens with one attached hydrogen (secondary N) is 2. The molecule has 0 saturated carbocycles. The number of aromatic nitrogens is 2. The van der Waals surface area contributed by atoms with E-state index in [-0.39, 0.29) is 0 Å². The van der Waals surface area contributed by atoms with Crippen LogP contribution in [-0.4, -0.2) is 28.8 Å². The molecular formula is C15H20N4O3. The Kier molecular flexibility index (Phi) is 4.25. The second kappa shape index (κ2) is 5.97. The normalized spacial score (nSPS) is 11.1. The fraction of sp³-hybridized carbons (Fsp3) is 0.333. The van der Waals surface area contributed by atoms with Crippen molar-refractivity contribution in [2.45, 2.75) is 26.4 Å². The molecular weight excluding hydrogens is 284 g/mol. The predicted octanol–water partition coefficient (Wildman–Crippen LogP) is 3.01. The van der Waals surface area contributed by atoms with Gasteiger partial charge in [0, 0.05) is 11.6 Å². The summed E-state index contributed by atoms with van der Waals surface area (Å²) in [6.07, 6.45) is 1.05.